The van der Waals surface area contributed by atoms with Gasteiger partial charge in [-0.1, -0.05) is 54.1 Å². The van der Waals surface area contributed by atoms with Crippen LogP contribution in [0.15, 0.2) is 72.8 Å². The van der Waals surface area contributed by atoms with Crippen molar-refractivity contribution in [2.45, 2.75) is 6.92 Å². The molecule has 0 amide bonds. The zero-order valence-electron chi connectivity index (χ0n) is 14.8. The van der Waals surface area contributed by atoms with Gasteiger partial charge >= 0.3 is 0 Å². The third-order valence-corrected chi connectivity index (χ3v) is 4.16. The predicted molar refractivity (Wildman–Crippen MR) is 104 cm³/mol. The minimum Gasteiger partial charge on any atom is -0.497 e. The number of aryl methyl sites for hydroxylation is 1. The fourth-order valence-corrected chi connectivity index (χ4v) is 2.80. The Morgan fingerprint density at radius 1 is 0.720 bits per heavy atom. The quantitative estimate of drug-likeness (QED) is 0.567. The van der Waals surface area contributed by atoms with Gasteiger partial charge in [-0.2, -0.15) is 0 Å². The maximum absolute atomic E-state index is 5.28. The molecule has 0 aliphatic heterocycles. The smallest absolute Gasteiger partial charge is 0.118 e. The summed E-state index contributed by atoms with van der Waals surface area (Å²) >= 11 is 0. The minimum atomic E-state index is 0.855. The molecule has 2 nitrogen and oxygen atoms in total. The Morgan fingerprint density at radius 2 is 1.24 bits per heavy atom. The van der Waals surface area contributed by atoms with Gasteiger partial charge in [0.25, 0.3) is 0 Å². The summed E-state index contributed by atoms with van der Waals surface area (Å²) in [6, 6.07) is 24.8. The zero-order valence-corrected chi connectivity index (χ0v) is 14.8. The van der Waals surface area contributed by atoms with Gasteiger partial charge in [-0.25, -0.2) is 0 Å². The second kappa shape index (κ2) is 7.71. The van der Waals surface area contributed by atoms with Crippen molar-refractivity contribution in [1.29, 1.82) is 0 Å². The van der Waals surface area contributed by atoms with Gasteiger partial charge in [-0.05, 0) is 59.5 Å². The van der Waals surface area contributed by atoms with Crippen LogP contribution in [-0.2, 0) is 0 Å². The van der Waals surface area contributed by atoms with E-state index in [9.17, 15) is 0 Å². The lowest BCUT2D eigenvalue weighted by Gasteiger charge is -2.11. The van der Waals surface area contributed by atoms with Crippen molar-refractivity contribution in [3.05, 3.63) is 95.1 Å². The Labute approximate surface area is 149 Å². The molecule has 0 aliphatic rings. The van der Waals surface area contributed by atoms with Crippen LogP contribution in [0.25, 0.3) is 11.6 Å². The number of hydrogen-bond donors (Lipinski definition) is 0. The summed E-state index contributed by atoms with van der Waals surface area (Å²) in [6.07, 6.45) is 2.22. The first-order chi connectivity index (χ1) is 12.2. The van der Waals surface area contributed by atoms with Crippen LogP contribution in [0.5, 0.6) is 11.5 Å². The molecule has 0 atom stereocenters. The maximum Gasteiger partial charge on any atom is 0.118 e. The van der Waals surface area contributed by atoms with Crippen molar-refractivity contribution in [2.75, 3.05) is 14.2 Å². The number of ether oxygens (including phenoxy) is 2. The molecule has 0 saturated heterocycles. The molecule has 0 bridgehead atoms. The topological polar surface area (TPSA) is 18.5 Å². The largest absolute Gasteiger partial charge is 0.497 e. The third-order valence-electron chi connectivity index (χ3n) is 4.16. The van der Waals surface area contributed by atoms with Crippen LogP contribution in [0, 0.1) is 6.92 Å². The summed E-state index contributed by atoms with van der Waals surface area (Å²) in [5.41, 5.74) is 5.88. The van der Waals surface area contributed by atoms with Crippen molar-refractivity contribution >= 4 is 11.6 Å². The van der Waals surface area contributed by atoms with E-state index in [4.69, 9.17) is 9.47 Å². The number of rotatable bonds is 5. The highest BCUT2D eigenvalue weighted by atomic mass is 16.5. The SMILES string of the molecule is COc1ccc(C(=Cc2cccc(C)c2)c2ccc(OC)cc2)cc1. The molecule has 0 aliphatic carbocycles. The van der Waals surface area contributed by atoms with Gasteiger partial charge < -0.3 is 9.47 Å². The molecule has 3 aromatic rings. The fraction of sp³-hybridized carbons (Fsp3) is 0.130. The average Bonchev–Trinajstić information content (AvgIpc) is 2.66. The van der Waals surface area contributed by atoms with E-state index in [-0.39, 0.29) is 0 Å². The summed E-state index contributed by atoms with van der Waals surface area (Å²) in [7, 11) is 3.37. The maximum atomic E-state index is 5.28. The van der Waals surface area contributed by atoms with Crippen molar-refractivity contribution in [3.8, 4) is 11.5 Å². The van der Waals surface area contributed by atoms with Gasteiger partial charge in [0.15, 0.2) is 0 Å². The molecule has 0 unspecified atom stereocenters. The molecule has 0 radical (unpaired) electrons. The number of benzene rings is 3. The molecule has 0 fully saturated rings. The van der Waals surface area contributed by atoms with Crippen LogP contribution in [0.4, 0.5) is 0 Å². The van der Waals surface area contributed by atoms with Crippen molar-refractivity contribution in [2.24, 2.45) is 0 Å². The molecule has 0 aromatic heterocycles. The molecular formula is C23H22O2. The first-order valence-corrected chi connectivity index (χ1v) is 8.27. The Balaban J connectivity index is 2.09. The van der Waals surface area contributed by atoms with Gasteiger partial charge in [0.05, 0.1) is 14.2 Å². The second-order valence-electron chi connectivity index (χ2n) is 5.93. The molecule has 25 heavy (non-hydrogen) atoms. The van der Waals surface area contributed by atoms with E-state index in [1.807, 2.05) is 24.3 Å². The standard InChI is InChI=1S/C23H22O2/c1-17-5-4-6-18(15-17)16-23(19-7-11-21(24-2)12-8-19)20-9-13-22(25-3)14-10-20/h4-16H,1-3H3. The Morgan fingerprint density at radius 3 is 1.68 bits per heavy atom. The van der Waals surface area contributed by atoms with Crippen molar-refractivity contribution < 1.29 is 9.47 Å². The molecule has 126 valence electrons. The van der Waals surface area contributed by atoms with Crippen LogP contribution >= 0.6 is 0 Å². The molecule has 3 aromatic carbocycles. The normalized spacial score (nSPS) is 10.2. The van der Waals surface area contributed by atoms with E-state index in [0.717, 1.165) is 28.2 Å². The Hall–Kier alpha value is -3.00. The van der Waals surface area contributed by atoms with E-state index in [1.165, 1.54) is 11.1 Å². The van der Waals surface area contributed by atoms with Crippen LogP contribution in [-0.4, -0.2) is 14.2 Å². The second-order valence-corrected chi connectivity index (χ2v) is 5.93. The van der Waals surface area contributed by atoms with E-state index in [1.54, 1.807) is 14.2 Å². The first-order valence-electron chi connectivity index (χ1n) is 8.27. The zero-order chi connectivity index (χ0) is 17.6. The van der Waals surface area contributed by atoms with E-state index < -0.39 is 0 Å². The molecule has 0 N–H and O–H groups in total. The molecule has 2 heteroatoms. The monoisotopic (exact) mass is 330 g/mol. The summed E-state index contributed by atoms with van der Waals surface area (Å²) in [5, 5.41) is 0. The van der Waals surface area contributed by atoms with Gasteiger partial charge in [0, 0.05) is 0 Å². The van der Waals surface area contributed by atoms with Gasteiger partial charge in [-0.15, -0.1) is 0 Å². The van der Waals surface area contributed by atoms with Crippen LogP contribution in [0.3, 0.4) is 0 Å². The van der Waals surface area contributed by atoms with Crippen LogP contribution < -0.4 is 9.47 Å². The van der Waals surface area contributed by atoms with Gasteiger partial charge in [0.2, 0.25) is 0 Å². The molecule has 3 rings (SSSR count). The lowest BCUT2D eigenvalue weighted by Crippen LogP contribution is -1.91. The molecule has 0 heterocycles. The fourth-order valence-electron chi connectivity index (χ4n) is 2.80. The minimum absolute atomic E-state index is 0.855. The first kappa shape index (κ1) is 16.8. The van der Waals surface area contributed by atoms with Gasteiger partial charge in [0.1, 0.15) is 11.5 Å². The van der Waals surface area contributed by atoms with Crippen molar-refractivity contribution in [3.63, 3.8) is 0 Å². The summed E-state index contributed by atoms with van der Waals surface area (Å²) in [5.74, 6) is 1.71. The Bertz CT molecular complexity index is 810. The summed E-state index contributed by atoms with van der Waals surface area (Å²) in [6.45, 7) is 2.11. The molecule has 0 spiro atoms. The van der Waals surface area contributed by atoms with Crippen LogP contribution in [0.2, 0.25) is 0 Å². The van der Waals surface area contributed by atoms with E-state index in [2.05, 4.69) is 61.5 Å². The Kier molecular flexibility index (Phi) is 5.20. The summed E-state index contributed by atoms with van der Waals surface area (Å²) in [4.78, 5) is 0. The average molecular weight is 330 g/mol. The lowest BCUT2D eigenvalue weighted by atomic mass is 9.95. The van der Waals surface area contributed by atoms with Crippen molar-refractivity contribution in [1.82, 2.24) is 0 Å². The number of methoxy groups -OCH3 is 2. The highest BCUT2D eigenvalue weighted by Gasteiger charge is 2.07. The van der Waals surface area contributed by atoms with E-state index in [0.29, 0.717) is 0 Å². The molecular weight excluding hydrogens is 308 g/mol. The van der Waals surface area contributed by atoms with Gasteiger partial charge in [-0.3, -0.25) is 0 Å². The highest BCUT2D eigenvalue weighted by Crippen LogP contribution is 2.29. The van der Waals surface area contributed by atoms with E-state index >= 15 is 0 Å². The van der Waals surface area contributed by atoms with Crippen LogP contribution in [0.1, 0.15) is 22.3 Å². The number of hydrogen-bond acceptors (Lipinski definition) is 2. The predicted octanol–water partition coefficient (Wildman–Crippen LogP) is 5.60. The highest BCUT2D eigenvalue weighted by molar-refractivity contribution is 5.91. The summed E-state index contributed by atoms with van der Waals surface area (Å²) < 4.78 is 10.6. The molecule has 0 saturated carbocycles. The third kappa shape index (κ3) is 4.10. The lowest BCUT2D eigenvalue weighted by molar-refractivity contribution is 0.414.